The summed E-state index contributed by atoms with van der Waals surface area (Å²) in [5.41, 5.74) is 5.82. The minimum atomic E-state index is -0.114. The van der Waals surface area contributed by atoms with E-state index in [4.69, 9.17) is 5.73 Å². The van der Waals surface area contributed by atoms with E-state index in [0.29, 0.717) is 18.0 Å². The van der Waals surface area contributed by atoms with E-state index in [1.54, 1.807) is 0 Å². The fraction of sp³-hybridized carbons (Fsp3) is 1.00. The Balaban J connectivity index is 2.01. The molecule has 4 unspecified atom stereocenters. The standard InChI is InChI=1S/C14H28N2O/c1-11-7-8-12(9-15)10-16(11)13-5-3-2-4-6-14(13)17/h11-14,17H,2-10,15H2,1H3. The van der Waals surface area contributed by atoms with Crippen LogP contribution in [0.25, 0.3) is 0 Å². The molecular weight excluding hydrogens is 212 g/mol. The first-order valence-corrected chi connectivity index (χ1v) is 7.36. The molecule has 3 heteroatoms. The first-order valence-electron chi connectivity index (χ1n) is 7.36. The van der Waals surface area contributed by atoms with Crippen LogP contribution in [-0.4, -0.2) is 41.3 Å². The molecule has 2 rings (SSSR count). The Labute approximate surface area is 105 Å². The normalized spacial score (nSPS) is 41.1. The van der Waals surface area contributed by atoms with Gasteiger partial charge >= 0.3 is 0 Å². The average molecular weight is 240 g/mol. The predicted molar refractivity (Wildman–Crippen MR) is 70.8 cm³/mol. The summed E-state index contributed by atoms with van der Waals surface area (Å²) in [5.74, 6) is 0.640. The summed E-state index contributed by atoms with van der Waals surface area (Å²) < 4.78 is 0. The van der Waals surface area contributed by atoms with Crippen LogP contribution in [0.4, 0.5) is 0 Å². The minimum absolute atomic E-state index is 0.114. The van der Waals surface area contributed by atoms with Crippen LogP contribution in [0.5, 0.6) is 0 Å². The van der Waals surface area contributed by atoms with Crippen LogP contribution in [0.3, 0.4) is 0 Å². The number of hydrogen-bond acceptors (Lipinski definition) is 3. The van der Waals surface area contributed by atoms with Gasteiger partial charge in [0.25, 0.3) is 0 Å². The number of rotatable bonds is 2. The molecule has 0 bridgehead atoms. The van der Waals surface area contributed by atoms with Crippen molar-refractivity contribution in [2.75, 3.05) is 13.1 Å². The lowest BCUT2D eigenvalue weighted by Gasteiger charge is -2.44. The number of piperidine rings is 1. The van der Waals surface area contributed by atoms with Crippen molar-refractivity contribution in [1.29, 1.82) is 0 Å². The maximum Gasteiger partial charge on any atom is 0.0695 e. The second kappa shape index (κ2) is 6.17. The molecule has 2 fully saturated rings. The maximum absolute atomic E-state index is 10.3. The van der Waals surface area contributed by atoms with Crippen LogP contribution in [-0.2, 0) is 0 Å². The Bertz CT molecular complexity index is 234. The van der Waals surface area contributed by atoms with E-state index in [-0.39, 0.29) is 6.10 Å². The number of nitrogens with two attached hydrogens (primary N) is 1. The zero-order valence-electron chi connectivity index (χ0n) is 11.1. The fourth-order valence-electron chi connectivity index (χ4n) is 3.52. The molecule has 0 aromatic rings. The highest BCUT2D eigenvalue weighted by atomic mass is 16.3. The van der Waals surface area contributed by atoms with Crippen molar-refractivity contribution >= 4 is 0 Å². The molecule has 3 N–H and O–H groups in total. The number of hydrogen-bond donors (Lipinski definition) is 2. The Kier molecular flexibility index (Phi) is 4.83. The van der Waals surface area contributed by atoms with E-state index in [9.17, 15) is 5.11 Å². The van der Waals surface area contributed by atoms with Gasteiger partial charge in [0.1, 0.15) is 0 Å². The lowest BCUT2D eigenvalue weighted by molar-refractivity contribution is -0.00462. The van der Waals surface area contributed by atoms with E-state index in [0.717, 1.165) is 19.5 Å². The largest absolute Gasteiger partial charge is 0.391 e. The highest BCUT2D eigenvalue weighted by Gasteiger charge is 2.34. The Morgan fingerprint density at radius 2 is 1.88 bits per heavy atom. The smallest absolute Gasteiger partial charge is 0.0695 e. The van der Waals surface area contributed by atoms with Gasteiger partial charge in [-0.3, -0.25) is 4.90 Å². The zero-order valence-corrected chi connectivity index (χ0v) is 11.1. The molecule has 0 spiro atoms. The van der Waals surface area contributed by atoms with Crippen molar-refractivity contribution in [2.45, 2.75) is 70.1 Å². The Morgan fingerprint density at radius 1 is 1.12 bits per heavy atom. The molecule has 1 heterocycles. The topological polar surface area (TPSA) is 49.5 Å². The van der Waals surface area contributed by atoms with Crippen molar-refractivity contribution < 1.29 is 5.11 Å². The number of nitrogens with zero attached hydrogens (tertiary/aromatic N) is 1. The third kappa shape index (κ3) is 3.21. The van der Waals surface area contributed by atoms with Crippen LogP contribution < -0.4 is 5.73 Å². The third-order valence-corrected chi connectivity index (χ3v) is 4.73. The van der Waals surface area contributed by atoms with Crippen LogP contribution in [0.1, 0.15) is 51.9 Å². The van der Waals surface area contributed by atoms with Gasteiger partial charge in [-0.2, -0.15) is 0 Å². The molecule has 3 nitrogen and oxygen atoms in total. The number of likely N-dealkylation sites (tertiary alicyclic amines) is 1. The van der Waals surface area contributed by atoms with Gasteiger partial charge < -0.3 is 10.8 Å². The van der Waals surface area contributed by atoms with Crippen LogP contribution in [0.15, 0.2) is 0 Å². The average Bonchev–Trinajstić information content (AvgIpc) is 2.55. The molecule has 100 valence electrons. The summed E-state index contributed by atoms with van der Waals surface area (Å²) >= 11 is 0. The first-order chi connectivity index (χ1) is 8.22. The van der Waals surface area contributed by atoms with Gasteiger partial charge in [0.15, 0.2) is 0 Å². The quantitative estimate of drug-likeness (QED) is 0.723. The highest BCUT2D eigenvalue weighted by molar-refractivity contribution is 4.89. The summed E-state index contributed by atoms with van der Waals surface area (Å²) in [4.78, 5) is 2.55. The van der Waals surface area contributed by atoms with Gasteiger partial charge in [-0.05, 0) is 45.1 Å². The van der Waals surface area contributed by atoms with Crippen molar-refractivity contribution in [3.63, 3.8) is 0 Å². The molecule has 0 aromatic carbocycles. The van der Waals surface area contributed by atoms with Crippen LogP contribution >= 0.6 is 0 Å². The molecular formula is C14H28N2O. The van der Waals surface area contributed by atoms with Gasteiger partial charge in [-0.15, -0.1) is 0 Å². The Morgan fingerprint density at radius 3 is 2.65 bits per heavy atom. The molecule has 1 saturated heterocycles. The summed E-state index contributed by atoms with van der Waals surface area (Å²) in [7, 11) is 0. The molecule has 0 aromatic heterocycles. The van der Waals surface area contributed by atoms with Gasteiger partial charge in [0.05, 0.1) is 6.10 Å². The van der Waals surface area contributed by atoms with Gasteiger partial charge in [-0.25, -0.2) is 0 Å². The maximum atomic E-state index is 10.3. The minimum Gasteiger partial charge on any atom is -0.391 e. The fourth-order valence-corrected chi connectivity index (χ4v) is 3.52. The van der Waals surface area contributed by atoms with Crippen molar-refractivity contribution in [1.82, 2.24) is 4.90 Å². The van der Waals surface area contributed by atoms with Crippen molar-refractivity contribution in [2.24, 2.45) is 11.7 Å². The zero-order chi connectivity index (χ0) is 12.3. The molecule has 1 aliphatic carbocycles. The molecule has 17 heavy (non-hydrogen) atoms. The second-order valence-corrected chi connectivity index (χ2v) is 6.00. The van der Waals surface area contributed by atoms with E-state index in [1.165, 1.54) is 38.5 Å². The van der Waals surface area contributed by atoms with Crippen molar-refractivity contribution in [3.05, 3.63) is 0 Å². The summed E-state index contributed by atoms with van der Waals surface area (Å²) in [6.07, 6.45) is 8.30. The van der Waals surface area contributed by atoms with Gasteiger partial charge in [0, 0.05) is 18.6 Å². The lowest BCUT2D eigenvalue weighted by atomic mass is 9.90. The summed E-state index contributed by atoms with van der Waals surface area (Å²) in [6, 6.07) is 1.01. The molecule has 1 saturated carbocycles. The van der Waals surface area contributed by atoms with E-state index >= 15 is 0 Å². The van der Waals surface area contributed by atoms with Gasteiger partial charge in [0.2, 0.25) is 0 Å². The second-order valence-electron chi connectivity index (χ2n) is 6.00. The SMILES string of the molecule is CC1CCC(CN)CN1C1CCCCCC1O. The number of aliphatic hydroxyl groups excluding tert-OH is 1. The lowest BCUT2D eigenvalue weighted by Crippen LogP contribution is -2.53. The molecule has 0 amide bonds. The number of aliphatic hydroxyl groups is 1. The van der Waals surface area contributed by atoms with E-state index in [1.807, 2.05) is 0 Å². The van der Waals surface area contributed by atoms with Crippen molar-refractivity contribution in [3.8, 4) is 0 Å². The third-order valence-electron chi connectivity index (χ3n) is 4.73. The monoisotopic (exact) mass is 240 g/mol. The first kappa shape index (κ1) is 13.3. The summed E-state index contributed by atoms with van der Waals surface area (Å²) in [6.45, 7) is 4.20. The van der Waals surface area contributed by atoms with Crippen LogP contribution in [0, 0.1) is 5.92 Å². The summed E-state index contributed by atoms with van der Waals surface area (Å²) in [5, 5.41) is 10.3. The molecule has 4 atom stereocenters. The molecule has 2 aliphatic rings. The highest BCUT2D eigenvalue weighted by Crippen LogP contribution is 2.29. The Hall–Kier alpha value is -0.120. The van der Waals surface area contributed by atoms with Gasteiger partial charge in [-0.1, -0.05) is 19.3 Å². The van der Waals surface area contributed by atoms with Crippen LogP contribution in [0.2, 0.25) is 0 Å². The van der Waals surface area contributed by atoms with E-state index in [2.05, 4.69) is 11.8 Å². The van der Waals surface area contributed by atoms with E-state index < -0.39 is 0 Å². The predicted octanol–water partition coefficient (Wildman–Crippen LogP) is 1.74. The molecule has 1 aliphatic heterocycles. The molecule has 0 radical (unpaired) electrons.